The standard InChI is InChI=1S/C41H43NO8SSi/c1-26-21-23-29(24-22-26)51-40-33(42-36(43)30-19-13-14-20-31(30)37(42)44)35(49-39(46)28-17-11-8-12-18-28)34(50-52(5,6)41(2,3)4)32(48-40)25-47-38(45)27-15-9-7-10-16-27/h7-24,32-35,40H,25H2,1-6H3/t32?,33-,34?,35-,40?/m1/s1. The van der Waals surface area contributed by atoms with E-state index in [0.29, 0.717) is 5.56 Å². The number of aryl methyl sites for hydroxylation is 1. The summed E-state index contributed by atoms with van der Waals surface area (Å²) in [6.07, 6.45) is -3.22. The molecule has 2 amide bonds. The first kappa shape index (κ1) is 37.2. The van der Waals surface area contributed by atoms with Crippen molar-refractivity contribution in [3.63, 3.8) is 0 Å². The summed E-state index contributed by atoms with van der Waals surface area (Å²) in [5.74, 6) is -2.26. The van der Waals surface area contributed by atoms with Gasteiger partial charge in [0.05, 0.1) is 22.3 Å². The molecule has 0 aliphatic carbocycles. The minimum Gasteiger partial charge on any atom is -0.459 e. The van der Waals surface area contributed by atoms with Crippen molar-refractivity contribution in [1.82, 2.24) is 4.90 Å². The number of hydrogen-bond acceptors (Lipinski definition) is 9. The maximum absolute atomic E-state index is 14.3. The highest BCUT2D eigenvalue weighted by Crippen LogP contribution is 2.44. The molecule has 4 aromatic carbocycles. The molecule has 270 valence electrons. The molecule has 0 spiro atoms. The summed E-state index contributed by atoms with van der Waals surface area (Å²) in [4.78, 5) is 57.8. The Labute approximate surface area is 309 Å². The summed E-state index contributed by atoms with van der Waals surface area (Å²) < 4.78 is 26.3. The monoisotopic (exact) mass is 737 g/mol. The summed E-state index contributed by atoms with van der Waals surface area (Å²) in [6, 6.07) is 30.4. The van der Waals surface area contributed by atoms with Crippen molar-refractivity contribution in [3.05, 3.63) is 137 Å². The number of ether oxygens (including phenoxy) is 3. The largest absolute Gasteiger partial charge is 0.459 e. The molecular formula is C41H43NO8SSi. The minimum atomic E-state index is -2.70. The van der Waals surface area contributed by atoms with E-state index in [2.05, 4.69) is 33.9 Å². The molecule has 0 N–H and O–H groups in total. The van der Waals surface area contributed by atoms with Crippen molar-refractivity contribution in [3.8, 4) is 0 Å². The molecule has 0 radical (unpaired) electrons. The van der Waals surface area contributed by atoms with E-state index in [-0.39, 0.29) is 28.3 Å². The first-order valence-corrected chi connectivity index (χ1v) is 21.1. The number of benzene rings is 4. The quantitative estimate of drug-likeness (QED) is 0.0911. The highest BCUT2D eigenvalue weighted by molar-refractivity contribution is 7.99. The summed E-state index contributed by atoms with van der Waals surface area (Å²) >= 11 is 1.29. The minimum absolute atomic E-state index is 0.244. The molecule has 4 aromatic rings. The van der Waals surface area contributed by atoms with Crippen molar-refractivity contribution >= 4 is 43.8 Å². The third-order valence-corrected chi connectivity index (χ3v) is 15.5. The Kier molecular flexibility index (Phi) is 10.9. The van der Waals surface area contributed by atoms with Crippen molar-refractivity contribution in [1.29, 1.82) is 0 Å². The summed E-state index contributed by atoms with van der Waals surface area (Å²) in [7, 11) is -2.70. The van der Waals surface area contributed by atoms with E-state index in [1.54, 1.807) is 78.9 Å². The Morgan fingerprint density at radius 1 is 0.750 bits per heavy atom. The second kappa shape index (κ2) is 15.2. The molecule has 5 atom stereocenters. The van der Waals surface area contributed by atoms with Gasteiger partial charge in [0.2, 0.25) is 0 Å². The molecule has 0 aromatic heterocycles. The highest BCUT2D eigenvalue weighted by Gasteiger charge is 2.58. The van der Waals surface area contributed by atoms with E-state index >= 15 is 0 Å². The van der Waals surface area contributed by atoms with Crippen molar-refractivity contribution in [2.24, 2.45) is 0 Å². The molecule has 1 saturated heterocycles. The number of imide groups is 1. The average molecular weight is 738 g/mol. The van der Waals surface area contributed by atoms with E-state index in [9.17, 15) is 19.2 Å². The maximum atomic E-state index is 14.3. The zero-order valence-electron chi connectivity index (χ0n) is 30.1. The Morgan fingerprint density at radius 2 is 1.27 bits per heavy atom. The molecule has 9 nitrogen and oxygen atoms in total. The molecule has 2 aliphatic rings. The second-order valence-corrected chi connectivity index (χ2v) is 20.5. The number of carbonyl (C=O) groups excluding carboxylic acids is 4. The first-order valence-electron chi connectivity index (χ1n) is 17.3. The summed E-state index contributed by atoms with van der Waals surface area (Å²) in [6.45, 7) is 12.1. The van der Waals surface area contributed by atoms with E-state index in [1.807, 2.05) is 37.3 Å². The number of fused-ring (bicyclic) bond motifs is 1. The maximum Gasteiger partial charge on any atom is 0.338 e. The van der Waals surface area contributed by atoms with Gasteiger partial charge in [-0.2, -0.15) is 0 Å². The lowest BCUT2D eigenvalue weighted by Crippen LogP contribution is -2.68. The van der Waals surface area contributed by atoms with Gasteiger partial charge in [-0.1, -0.05) is 98.8 Å². The van der Waals surface area contributed by atoms with Crippen LogP contribution in [0.2, 0.25) is 18.1 Å². The van der Waals surface area contributed by atoms with Crippen LogP contribution in [-0.2, 0) is 18.6 Å². The summed E-state index contributed by atoms with van der Waals surface area (Å²) in [5.41, 5.74) is 1.24. The molecular weight excluding hydrogens is 695 g/mol. The number of esters is 2. The van der Waals surface area contributed by atoms with Crippen molar-refractivity contribution in [2.75, 3.05) is 6.61 Å². The lowest BCUT2D eigenvalue weighted by molar-refractivity contribution is -0.178. The Morgan fingerprint density at radius 3 is 1.81 bits per heavy atom. The highest BCUT2D eigenvalue weighted by atomic mass is 32.2. The molecule has 2 aliphatic heterocycles. The Balaban J connectivity index is 1.49. The predicted molar refractivity (Wildman–Crippen MR) is 201 cm³/mol. The lowest BCUT2D eigenvalue weighted by Gasteiger charge is -2.51. The number of hydrogen-bond donors (Lipinski definition) is 0. The van der Waals surface area contributed by atoms with Crippen LogP contribution < -0.4 is 0 Å². The molecule has 3 unspecified atom stereocenters. The number of rotatable bonds is 10. The third-order valence-electron chi connectivity index (χ3n) is 9.89. The zero-order chi connectivity index (χ0) is 37.2. The second-order valence-electron chi connectivity index (χ2n) is 14.5. The molecule has 0 saturated carbocycles. The number of nitrogens with zero attached hydrogens (tertiary/aromatic N) is 1. The van der Waals surface area contributed by atoms with Crippen LogP contribution in [0.15, 0.2) is 114 Å². The third kappa shape index (κ3) is 7.78. The average Bonchev–Trinajstić information content (AvgIpc) is 3.38. The fourth-order valence-corrected chi connectivity index (χ4v) is 8.49. The Hall–Kier alpha value is -4.55. The van der Waals surface area contributed by atoms with Gasteiger partial charge in [-0.25, -0.2) is 9.59 Å². The topological polar surface area (TPSA) is 108 Å². The van der Waals surface area contributed by atoms with Gasteiger partial charge >= 0.3 is 11.9 Å². The fraction of sp³-hybridized carbons (Fsp3) is 0.317. The van der Waals surface area contributed by atoms with Gasteiger partial charge in [0, 0.05) is 4.90 Å². The Bertz CT molecular complexity index is 1890. The van der Waals surface area contributed by atoms with E-state index < -0.39 is 61.9 Å². The van der Waals surface area contributed by atoms with Crippen molar-refractivity contribution < 1.29 is 37.8 Å². The van der Waals surface area contributed by atoms with Crippen molar-refractivity contribution in [2.45, 2.75) is 80.5 Å². The normalized spacial score (nSPS) is 21.8. The predicted octanol–water partition coefficient (Wildman–Crippen LogP) is 7.95. The zero-order valence-corrected chi connectivity index (χ0v) is 31.9. The van der Waals surface area contributed by atoms with Crippen LogP contribution >= 0.6 is 11.8 Å². The van der Waals surface area contributed by atoms with E-state index in [1.165, 1.54) is 11.8 Å². The van der Waals surface area contributed by atoms with Gasteiger partial charge in [-0.05, 0) is 73.6 Å². The molecule has 52 heavy (non-hydrogen) atoms. The first-order chi connectivity index (χ1) is 24.7. The van der Waals surface area contributed by atoms with E-state index in [0.717, 1.165) is 15.4 Å². The van der Waals surface area contributed by atoms with Crippen LogP contribution in [0, 0.1) is 6.92 Å². The smallest absolute Gasteiger partial charge is 0.338 e. The molecule has 6 rings (SSSR count). The molecule has 0 bridgehead atoms. The number of amides is 2. The summed E-state index contributed by atoms with van der Waals surface area (Å²) in [5, 5.41) is -0.301. The van der Waals surface area contributed by atoms with E-state index in [4.69, 9.17) is 18.6 Å². The van der Waals surface area contributed by atoms with Crippen LogP contribution in [0.1, 0.15) is 67.8 Å². The molecule has 2 heterocycles. The lowest BCUT2D eigenvalue weighted by atomic mass is 9.96. The van der Waals surface area contributed by atoms with Crippen LogP contribution in [0.25, 0.3) is 0 Å². The molecule has 11 heteroatoms. The van der Waals surface area contributed by atoms with Crippen LogP contribution in [0.3, 0.4) is 0 Å². The number of thioether (sulfide) groups is 1. The van der Waals surface area contributed by atoms with Crippen LogP contribution in [0.4, 0.5) is 0 Å². The number of carbonyl (C=O) groups is 4. The van der Waals surface area contributed by atoms with Gasteiger partial charge in [-0.15, -0.1) is 0 Å². The van der Waals surface area contributed by atoms with Gasteiger partial charge in [0.1, 0.15) is 30.3 Å². The van der Waals surface area contributed by atoms with Crippen LogP contribution in [-0.4, -0.2) is 73.4 Å². The fourth-order valence-electron chi connectivity index (χ4n) is 6.00. The molecule has 1 fully saturated rings. The van der Waals surface area contributed by atoms with Gasteiger partial charge in [-0.3, -0.25) is 14.5 Å². The van der Waals surface area contributed by atoms with Crippen LogP contribution in [0.5, 0.6) is 0 Å². The van der Waals surface area contributed by atoms with Gasteiger partial charge in [0.25, 0.3) is 11.8 Å². The SMILES string of the molecule is Cc1ccc(SC2OC(COC(=O)c3ccccc3)C(O[Si](C)(C)C(C)(C)C)[C@H](OC(=O)c3ccccc3)[C@H]2N2C(=O)c3ccccc3C2=O)cc1. The van der Waals surface area contributed by atoms with Gasteiger partial charge < -0.3 is 18.6 Å². The van der Waals surface area contributed by atoms with Gasteiger partial charge in [0.15, 0.2) is 14.4 Å².